The molecule has 10 nitrogen and oxygen atoms in total. The Bertz CT molecular complexity index is 1780. The summed E-state index contributed by atoms with van der Waals surface area (Å²) in [5.41, 5.74) is 3.94. The number of benzene rings is 3. The molecule has 0 amide bonds. The number of halogens is 3. The number of aryl methyl sites for hydroxylation is 2. The molecule has 0 saturated heterocycles. The van der Waals surface area contributed by atoms with Crippen molar-refractivity contribution in [2.75, 3.05) is 37.0 Å². The SMILES string of the molecule is CCc1cnc(N(CCCc2ccc(OCC(=O)O)cc2)Cc2cccc(OC(F)(F)F)c2)nc1.COc1ccc(CCNc2ccccn2)cc1. The zero-order chi connectivity index (χ0) is 37.2. The Balaban J connectivity index is 0.000000296. The molecule has 13 heteroatoms. The number of hydrogen-bond acceptors (Lipinski definition) is 9. The van der Waals surface area contributed by atoms with Crippen LogP contribution in [0.2, 0.25) is 0 Å². The van der Waals surface area contributed by atoms with Gasteiger partial charge in [-0.3, -0.25) is 0 Å². The molecule has 0 aliphatic carbocycles. The van der Waals surface area contributed by atoms with E-state index in [-0.39, 0.29) is 5.75 Å². The maximum Gasteiger partial charge on any atom is 0.573 e. The number of ether oxygens (including phenoxy) is 3. The van der Waals surface area contributed by atoms with E-state index in [0.29, 0.717) is 30.4 Å². The van der Waals surface area contributed by atoms with E-state index in [1.807, 2.05) is 54.3 Å². The third-order valence-electron chi connectivity index (χ3n) is 7.61. The molecule has 3 aromatic carbocycles. The van der Waals surface area contributed by atoms with Crippen LogP contribution in [0.4, 0.5) is 24.9 Å². The second kappa shape index (κ2) is 20.1. The van der Waals surface area contributed by atoms with Crippen molar-refractivity contribution in [1.82, 2.24) is 15.0 Å². The van der Waals surface area contributed by atoms with Crippen LogP contribution in [0.3, 0.4) is 0 Å². The van der Waals surface area contributed by atoms with Crippen molar-refractivity contribution >= 4 is 17.7 Å². The Morgan fingerprint density at radius 1 is 0.808 bits per heavy atom. The molecule has 0 atom stereocenters. The summed E-state index contributed by atoms with van der Waals surface area (Å²) in [5, 5.41) is 12.0. The molecule has 0 aliphatic rings. The topological polar surface area (TPSA) is 119 Å². The first-order chi connectivity index (χ1) is 25.1. The number of carboxylic acids is 1. The predicted molar refractivity (Wildman–Crippen MR) is 193 cm³/mol. The Morgan fingerprint density at radius 2 is 1.50 bits per heavy atom. The molecule has 274 valence electrons. The van der Waals surface area contributed by atoms with Gasteiger partial charge in [-0.2, -0.15) is 0 Å². The summed E-state index contributed by atoms with van der Waals surface area (Å²) in [4.78, 5) is 25.6. The number of nitrogens with one attached hydrogen (secondary N) is 1. The van der Waals surface area contributed by atoms with Crippen LogP contribution in [0.1, 0.15) is 35.6 Å². The molecule has 5 rings (SSSR count). The smallest absolute Gasteiger partial charge is 0.497 e. The number of rotatable bonds is 17. The van der Waals surface area contributed by atoms with Gasteiger partial charge in [-0.25, -0.2) is 19.7 Å². The van der Waals surface area contributed by atoms with Crippen molar-refractivity contribution < 1.29 is 37.3 Å². The van der Waals surface area contributed by atoms with E-state index in [2.05, 4.69) is 37.1 Å². The molecular formula is C39H42F3N5O5. The van der Waals surface area contributed by atoms with Crippen LogP contribution in [0, 0.1) is 0 Å². The van der Waals surface area contributed by atoms with Gasteiger partial charge in [0.25, 0.3) is 0 Å². The van der Waals surface area contributed by atoms with E-state index in [0.717, 1.165) is 54.9 Å². The third-order valence-corrected chi connectivity index (χ3v) is 7.61. The number of pyridine rings is 1. The molecular weight excluding hydrogens is 675 g/mol. The summed E-state index contributed by atoms with van der Waals surface area (Å²) in [5.74, 6) is 1.46. The van der Waals surface area contributed by atoms with E-state index in [1.54, 1.807) is 43.9 Å². The monoisotopic (exact) mass is 717 g/mol. The first kappa shape index (κ1) is 38.9. The molecule has 0 saturated carbocycles. The third kappa shape index (κ3) is 14.2. The quantitative estimate of drug-likeness (QED) is 0.0987. The van der Waals surface area contributed by atoms with Gasteiger partial charge < -0.3 is 29.5 Å². The lowest BCUT2D eigenvalue weighted by atomic mass is 10.1. The van der Waals surface area contributed by atoms with Gasteiger partial charge in [0.05, 0.1) is 7.11 Å². The summed E-state index contributed by atoms with van der Waals surface area (Å²) >= 11 is 0. The molecule has 2 aromatic heterocycles. The number of aromatic nitrogens is 3. The van der Waals surface area contributed by atoms with Crippen LogP contribution in [-0.4, -0.2) is 59.2 Å². The Hall–Kier alpha value is -5.85. The van der Waals surface area contributed by atoms with Gasteiger partial charge in [-0.1, -0.05) is 49.4 Å². The molecule has 2 N–H and O–H groups in total. The van der Waals surface area contributed by atoms with Crippen LogP contribution in [-0.2, 0) is 30.6 Å². The van der Waals surface area contributed by atoms with Gasteiger partial charge >= 0.3 is 12.3 Å². The average molecular weight is 718 g/mol. The number of carboxylic acid groups (broad SMARTS) is 1. The fraction of sp³-hybridized carbons (Fsp3) is 0.282. The lowest BCUT2D eigenvalue weighted by Gasteiger charge is -2.23. The molecule has 2 heterocycles. The molecule has 0 spiro atoms. The van der Waals surface area contributed by atoms with Crippen LogP contribution in [0.15, 0.2) is 110 Å². The molecule has 0 unspecified atom stereocenters. The highest BCUT2D eigenvalue weighted by Gasteiger charge is 2.31. The minimum absolute atomic E-state index is 0.276. The number of anilines is 2. The van der Waals surface area contributed by atoms with Crippen molar-refractivity contribution in [3.8, 4) is 17.2 Å². The van der Waals surface area contributed by atoms with Crippen LogP contribution in [0.25, 0.3) is 0 Å². The number of carbonyl (C=O) groups is 1. The first-order valence-corrected chi connectivity index (χ1v) is 16.7. The minimum Gasteiger partial charge on any atom is -0.497 e. The fourth-order valence-corrected chi connectivity index (χ4v) is 4.97. The van der Waals surface area contributed by atoms with Crippen molar-refractivity contribution in [2.24, 2.45) is 0 Å². The second-order valence-corrected chi connectivity index (χ2v) is 11.5. The van der Waals surface area contributed by atoms with Crippen LogP contribution < -0.4 is 24.4 Å². The first-order valence-electron chi connectivity index (χ1n) is 16.7. The summed E-state index contributed by atoms with van der Waals surface area (Å²) in [6, 6.07) is 27.0. The molecule has 0 bridgehead atoms. The van der Waals surface area contributed by atoms with E-state index in [4.69, 9.17) is 14.6 Å². The highest BCUT2D eigenvalue weighted by atomic mass is 19.4. The van der Waals surface area contributed by atoms with Gasteiger partial charge in [-0.05, 0) is 96.5 Å². The van der Waals surface area contributed by atoms with E-state index in [9.17, 15) is 18.0 Å². The zero-order valence-electron chi connectivity index (χ0n) is 29.1. The highest BCUT2D eigenvalue weighted by Crippen LogP contribution is 2.25. The number of aliphatic carboxylic acids is 1. The number of nitrogens with zero attached hydrogens (tertiary/aromatic N) is 4. The number of methoxy groups -OCH3 is 1. The molecule has 52 heavy (non-hydrogen) atoms. The highest BCUT2D eigenvalue weighted by molar-refractivity contribution is 5.68. The molecule has 0 radical (unpaired) electrons. The molecule has 5 aromatic rings. The van der Waals surface area contributed by atoms with Gasteiger partial charge in [-0.15, -0.1) is 13.2 Å². The largest absolute Gasteiger partial charge is 0.573 e. The number of alkyl halides is 3. The normalized spacial score (nSPS) is 10.8. The zero-order valence-corrected chi connectivity index (χ0v) is 29.1. The van der Waals surface area contributed by atoms with Crippen LogP contribution >= 0.6 is 0 Å². The number of hydrogen-bond donors (Lipinski definition) is 2. The summed E-state index contributed by atoms with van der Waals surface area (Å²) in [7, 11) is 1.68. The van der Waals surface area contributed by atoms with Gasteiger partial charge in [0.15, 0.2) is 6.61 Å². The fourth-order valence-electron chi connectivity index (χ4n) is 4.97. The Labute approximate surface area is 301 Å². The summed E-state index contributed by atoms with van der Waals surface area (Å²) in [6.45, 7) is 3.35. The van der Waals surface area contributed by atoms with Crippen molar-refractivity contribution in [3.05, 3.63) is 132 Å². The van der Waals surface area contributed by atoms with Gasteiger partial charge in [0, 0.05) is 38.2 Å². The predicted octanol–water partition coefficient (Wildman–Crippen LogP) is 7.79. The maximum absolute atomic E-state index is 12.6. The average Bonchev–Trinajstić information content (AvgIpc) is 3.14. The standard InChI is InChI=1S/C25H26F3N3O4.C14H16N2O/c1-2-18-14-29-24(30-15-18)31(16-20-5-3-7-22(13-20)35-25(26,27)28)12-4-6-19-8-10-21(11-9-19)34-17-23(32)33;1-17-13-7-5-12(6-8-13)9-11-16-14-4-2-3-10-15-14/h3,5,7-11,13-15H,2,4,6,12,16-17H2,1H3,(H,32,33);2-8,10H,9,11H2,1H3,(H,15,16). The van der Waals surface area contributed by atoms with Crippen molar-refractivity contribution in [3.63, 3.8) is 0 Å². The lowest BCUT2D eigenvalue weighted by Crippen LogP contribution is -2.26. The van der Waals surface area contributed by atoms with E-state index in [1.165, 1.54) is 23.8 Å². The van der Waals surface area contributed by atoms with E-state index >= 15 is 0 Å². The molecule has 0 fully saturated rings. The van der Waals surface area contributed by atoms with Crippen LogP contribution in [0.5, 0.6) is 17.2 Å². The van der Waals surface area contributed by atoms with Gasteiger partial charge in [0.2, 0.25) is 5.95 Å². The summed E-state index contributed by atoms with van der Waals surface area (Å²) < 4.78 is 52.2. The molecule has 0 aliphatic heterocycles. The minimum atomic E-state index is -4.76. The Morgan fingerprint density at radius 3 is 2.12 bits per heavy atom. The second-order valence-electron chi connectivity index (χ2n) is 11.5. The lowest BCUT2D eigenvalue weighted by molar-refractivity contribution is -0.274. The maximum atomic E-state index is 12.6. The van der Waals surface area contributed by atoms with E-state index < -0.39 is 18.9 Å². The Kier molecular flexibility index (Phi) is 15.1. The summed E-state index contributed by atoms with van der Waals surface area (Å²) in [6.07, 6.45) is 3.74. The van der Waals surface area contributed by atoms with Crippen molar-refractivity contribution in [2.45, 2.75) is 45.5 Å². The van der Waals surface area contributed by atoms with Crippen molar-refractivity contribution in [1.29, 1.82) is 0 Å². The van der Waals surface area contributed by atoms with Gasteiger partial charge in [0.1, 0.15) is 23.1 Å².